The molecule has 0 aliphatic heterocycles. The number of aromatic nitrogens is 3. The van der Waals surface area contributed by atoms with Crippen molar-refractivity contribution in [3.8, 4) is 5.88 Å². The van der Waals surface area contributed by atoms with Crippen molar-refractivity contribution in [2.24, 2.45) is 11.7 Å². The molecule has 3 N–H and O–H groups in total. The van der Waals surface area contributed by atoms with Crippen LogP contribution in [0.4, 0.5) is 0 Å². The highest BCUT2D eigenvalue weighted by molar-refractivity contribution is 5.71. The van der Waals surface area contributed by atoms with Gasteiger partial charge in [0.05, 0.1) is 12.1 Å². The van der Waals surface area contributed by atoms with Gasteiger partial charge >= 0.3 is 0 Å². The van der Waals surface area contributed by atoms with Crippen molar-refractivity contribution >= 4 is 11.2 Å². The molecule has 1 fully saturated rings. The van der Waals surface area contributed by atoms with Crippen molar-refractivity contribution in [2.45, 2.75) is 32.2 Å². The van der Waals surface area contributed by atoms with Crippen molar-refractivity contribution in [1.29, 1.82) is 0 Å². The average molecular weight is 246 g/mol. The van der Waals surface area contributed by atoms with Crippen LogP contribution in [-0.2, 0) is 6.42 Å². The van der Waals surface area contributed by atoms with Gasteiger partial charge in [-0.3, -0.25) is 0 Å². The molecule has 0 amide bonds. The topological polar surface area (TPSA) is 76.8 Å². The van der Waals surface area contributed by atoms with Crippen molar-refractivity contribution in [2.75, 3.05) is 6.61 Å². The number of aromatic amines is 1. The summed E-state index contributed by atoms with van der Waals surface area (Å²) in [7, 11) is 0. The van der Waals surface area contributed by atoms with Gasteiger partial charge in [0.1, 0.15) is 5.82 Å². The standard InChI is InChI=1S/C13H18N4O/c1-2-18-12-6-5-10-13(17-12)16-11(15-10)7-9(14)8-3-4-8/h5-6,8-9H,2-4,7,14H2,1H3,(H,15,16,17). The molecule has 1 saturated carbocycles. The Bertz CT molecular complexity index is 547. The highest BCUT2D eigenvalue weighted by Gasteiger charge is 2.29. The molecular weight excluding hydrogens is 228 g/mol. The predicted molar refractivity (Wildman–Crippen MR) is 69.5 cm³/mol. The molecule has 96 valence electrons. The number of nitrogens with two attached hydrogens (primary N) is 1. The summed E-state index contributed by atoms with van der Waals surface area (Å²) in [4.78, 5) is 12.1. The van der Waals surface area contributed by atoms with E-state index in [2.05, 4.69) is 15.0 Å². The molecule has 1 atom stereocenters. The van der Waals surface area contributed by atoms with Gasteiger partial charge in [-0.05, 0) is 31.7 Å². The van der Waals surface area contributed by atoms with Gasteiger partial charge in [0.15, 0.2) is 5.65 Å². The SMILES string of the molecule is CCOc1ccc2[nH]c(CC(N)C3CC3)nc2n1. The zero-order valence-electron chi connectivity index (χ0n) is 10.5. The minimum Gasteiger partial charge on any atom is -0.478 e. The summed E-state index contributed by atoms with van der Waals surface area (Å²) in [6, 6.07) is 4.03. The molecule has 0 radical (unpaired) electrons. The highest BCUT2D eigenvalue weighted by Crippen LogP contribution is 2.32. The van der Waals surface area contributed by atoms with Gasteiger partial charge in [-0.15, -0.1) is 0 Å². The maximum absolute atomic E-state index is 6.11. The summed E-state index contributed by atoms with van der Waals surface area (Å²) in [6.45, 7) is 2.55. The summed E-state index contributed by atoms with van der Waals surface area (Å²) in [6.07, 6.45) is 3.31. The first-order valence-electron chi connectivity index (χ1n) is 6.50. The molecule has 1 aliphatic carbocycles. The molecule has 0 bridgehead atoms. The van der Waals surface area contributed by atoms with Crippen molar-refractivity contribution in [3.05, 3.63) is 18.0 Å². The second-order valence-electron chi connectivity index (χ2n) is 4.84. The number of imidazole rings is 1. The first kappa shape index (κ1) is 11.5. The van der Waals surface area contributed by atoms with Crippen molar-refractivity contribution < 1.29 is 4.74 Å². The third-order valence-electron chi connectivity index (χ3n) is 3.32. The van der Waals surface area contributed by atoms with Crippen LogP contribution in [0.1, 0.15) is 25.6 Å². The normalized spacial score (nSPS) is 17.0. The van der Waals surface area contributed by atoms with E-state index in [9.17, 15) is 0 Å². The smallest absolute Gasteiger partial charge is 0.215 e. The third kappa shape index (κ3) is 2.31. The van der Waals surface area contributed by atoms with E-state index >= 15 is 0 Å². The van der Waals surface area contributed by atoms with Gasteiger partial charge in [0.25, 0.3) is 0 Å². The Balaban J connectivity index is 1.81. The van der Waals surface area contributed by atoms with E-state index in [1.807, 2.05) is 19.1 Å². The van der Waals surface area contributed by atoms with E-state index in [-0.39, 0.29) is 6.04 Å². The minimum atomic E-state index is 0.219. The first-order chi connectivity index (χ1) is 8.76. The van der Waals surface area contributed by atoms with Gasteiger partial charge in [-0.1, -0.05) is 0 Å². The van der Waals surface area contributed by atoms with Crippen LogP contribution in [0, 0.1) is 5.92 Å². The predicted octanol–water partition coefficient (Wildman–Crippen LogP) is 1.64. The van der Waals surface area contributed by atoms with E-state index in [4.69, 9.17) is 10.5 Å². The summed E-state index contributed by atoms with van der Waals surface area (Å²) < 4.78 is 5.36. The highest BCUT2D eigenvalue weighted by atomic mass is 16.5. The number of nitrogens with one attached hydrogen (secondary N) is 1. The second kappa shape index (κ2) is 4.57. The van der Waals surface area contributed by atoms with Crippen LogP contribution in [-0.4, -0.2) is 27.6 Å². The number of pyridine rings is 1. The van der Waals surface area contributed by atoms with Crippen LogP contribution in [0.15, 0.2) is 12.1 Å². The molecule has 0 saturated heterocycles. The summed E-state index contributed by atoms with van der Waals surface area (Å²) >= 11 is 0. The molecule has 0 aromatic carbocycles. The Morgan fingerprint density at radius 1 is 1.44 bits per heavy atom. The van der Waals surface area contributed by atoms with Gasteiger partial charge < -0.3 is 15.5 Å². The van der Waals surface area contributed by atoms with Gasteiger partial charge in [-0.2, -0.15) is 4.98 Å². The van der Waals surface area contributed by atoms with Crippen molar-refractivity contribution in [1.82, 2.24) is 15.0 Å². The molecular formula is C13H18N4O. The summed E-state index contributed by atoms with van der Waals surface area (Å²) in [5.41, 5.74) is 7.75. The zero-order chi connectivity index (χ0) is 12.5. The van der Waals surface area contributed by atoms with E-state index in [0.29, 0.717) is 24.1 Å². The molecule has 2 aromatic rings. The zero-order valence-corrected chi connectivity index (χ0v) is 10.5. The fourth-order valence-corrected chi connectivity index (χ4v) is 2.16. The van der Waals surface area contributed by atoms with Crippen LogP contribution in [0.5, 0.6) is 5.88 Å². The number of rotatable bonds is 5. The van der Waals surface area contributed by atoms with Crippen LogP contribution in [0.3, 0.4) is 0 Å². The Kier molecular flexibility index (Phi) is 2.91. The quantitative estimate of drug-likeness (QED) is 0.840. The van der Waals surface area contributed by atoms with Crippen LogP contribution in [0.25, 0.3) is 11.2 Å². The lowest BCUT2D eigenvalue weighted by molar-refractivity contribution is 0.328. The van der Waals surface area contributed by atoms with Crippen LogP contribution < -0.4 is 10.5 Å². The molecule has 5 heteroatoms. The maximum Gasteiger partial charge on any atom is 0.215 e. The van der Waals surface area contributed by atoms with E-state index < -0.39 is 0 Å². The monoisotopic (exact) mass is 246 g/mol. The Morgan fingerprint density at radius 2 is 2.28 bits per heavy atom. The lowest BCUT2D eigenvalue weighted by atomic mass is 10.1. The van der Waals surface area contributed by atoms with Crippen LogP contribution >= 0.6 is 0 Å². The number of nitrogens with zero attached hydrogens (tertiary/aromatic N) is 2. The van der Waals surface area contributed by atoms with Gasteiger partial charge in [0, 0.05) is 18.5 Å². The number of hydrogen-bond donors (Lipinski definition) is 2. The molecule has 3 rings (SSSR count). The summed E-state index contributed by atoms with van der Waals surface area (Å²) in [5.74, 6) is 2.23. The fraction of sp³-hybridized carbons (Fsp3) is 0.538. The fourth-order valence-electron chi connectivity index (χ4n) is 2.16. The Morgan fingerprint density at radius 3 is 3.00 bits per heavy atom. The maximum atomic E-state index is 6.11. The lowest BCUT2D eigenvalue weighted by Crippen LogP contribution is -2.25. The van der Waals surface area contributed by atoms with E-state index in [1.54, 1.807) is 0 Å². The summed E-state index contributed by atoms with van der Waals surface area (Å²) in [5, 5.41) is 0. The van der Waals surface area contributed by atoms with E-state index in [0.717, 1.165) is 17.8 Å². The molecule has 2 aromatic heterocycles. The first-order valence-corrected chi connectivity index (χ1v) is 6.50. The minimum absolute atomic E-state index is 0.219. The van der Waals surface area contributed by atoms with E-state index in [1.165, 1.54) is 12.8 Å². The second-order valence-corrected chi connectivity index (χ2v) is 4.84. The van der Waals surface area contributed by atoms with Crippen LogP contribution in [0.2, 0.25) is 0 Å². The molecule has 18 heavy (non-hydrogen) atoms. The molecule has 2 heterocycles. The Hall–Kier alpha value is -1.62. The van der Waals surface area contributed by atoms with Crippen molar-refractivity contribution in [3.63, 3.8) is 0 Å². The average Bonchev–Trinajstić information content (AvgIpc) is 3.11. The van der Waals surface area contributed by atoms with Gasteiger partial charge in [0.2, 0.25) is 5.88 Å². The molecule has 1 aliphatic rings. The Labute approximate surface area is 106 Å². The number of ether oxygens (including phenoxy) is 1. The third-order valence-corrected chi connectivity index (χ3v) is 3.32. The molecule has 5 nitrogen and oxygen atoms in total. The number of hydrogen-bond acceptors (Lipinski definition) is 4. The van der Waals surface area contributed by atoms with Gasteiger partial charge in [-0.25, -0.2) is 4.98 Å². The number of fused-ring (bicyclic) bond motifs is 1. The molecule has 1 unspecified atom stereocenters. The largest absolute Gasteiger partial charge is 0.478 e. The lowest BCUT2D eigenvalue weighted by Gasteiger charge is -2.06. The number of H-pyrrole nitrogens is 1. The molecule has 0 spiro atoms.